The van der Waals surface area contributed by atoms with Crippen LogP contribution in [0.4, 0.5) is 4.39 Å². The maximum Gasteiger partial charge on any atom is 0.277 e. The van der Waals surface area contributed by atoms with Crippen molar-refractivity contribution in [1.29, 1.82) is 0 Å². The van der Waals surface area contributed by atoms with Crippen molar-refractivity contribution in [2.45, 2.75) is 30.9 Å². The van der Waals surface area contributed by atoms with Gasteiger partial charge in [0, 0.05) is 11.7 Å². The summed E-state index contributed by atoms with van der Waals surface area (Å²) in [5.74, 6) is 1.27. The van der Waals surface area contributed by atoms with E-state index in [4.69, 9.17) is 4.42 Å². The van der Waals surface area contributed by atoms with Gasteiger partial charge >= 0.3 is 0 Å². The molecule has 1 aromatic heterocycles. The molecule has 6 heteroatoms. The molecule has 0 amide bonds. The molecule has 0 radical (unpaired) electrons. The van der Waals surface area contributed by atoms with Gasteiger partial charge in [-0.05, 0) is 17.7 Å². The number of quaternary nitrogens is 1. The zero-order valence-electron chi connectivity index (χ0n) is 11.0. The van der Waals surface area contributed by atoms with Gasteiger partial charge in [-0.15, -0.1) is 10.2 Å². The predicted octanol–water partition coefficient (Wildman–Crippen LogP) is 2.44. The van der Waals surface area contributed by atoms with Crippen molar-refractivity contribution in [1.82, 2.24) is 10.2 Å². The summed E-state index contributed by atoms with van der Waals surface area (Å²) >= 11 is 1.40. The first-order chi connectivity index (χ1) is 9.06. The Labute approximate surface area is 115 Å². The Balaban J connectivity index is 1.97. The Morgan fingerprint density at radius 2 is 2.16 bits per heavy atom. The lowest BCUT2D eigenvalue weighted by molar-refractivity contribution is -0.443. The predicted molar refractivity (Wildman–Crippen MR) is 70.7 cm³/mol. The first kappa shape index (κ1) is 14.0. The quantitative estimate of drug-likeness (QED) is 0.855. The van der Waals surface area contributed by atoms with Crippen LogP contribution in [0.1, 0.15) is 31.3 Å². The van der Waals surface area contributed by atoms with Crippen LogP contribution in [-0.4, -0.2) is 10.2 Å². The van der Waals surface area contributed by atoms with Crippen LogP contribution in [-0.2, 0) is 5.75 Å². The van der Waals surface area contributed by atoms with E-state index in [1.807, 2.05) is 6.07 Å². The highest BCUT2D eigenvalue weighted by Gasteiger charge is 2.21. The van der Waals surface area contributed by atoms with Crippen LogP contribution in [0.3, 0.4) is 0 Å². The van der Waals surface area contributed by atoms with E-state index in [0.717, 1.165) is 5.56 Å². The van der Waals surface area contributed by atoms with Gasteiger partial charge in [-0.2, -0.15) is 0 Å². The summed E-state index contributed by atoms with van der Waals surface area (Å²) in [4.78, 5) is 0. The minimum atomic E-state index is -0.234. The molecule has 1 aromatic carbocycles. The molecule has 0 aliphatic rings. The van der Waals surface area contributed by atoms with E-state index >= 15 is 0 Å². The molecule has 1 atom stereocenters. The summed E-state index contributed by atoms with van der Waals surface area (Å²) in [7, 11) is 0. The van der Waals surface area contributed by atoms with Crippen LogP contribution in [0, 0.1) is 11.7 Å². The van der Waals surface area contributed by atoms with Gasteiger partial charge in [0.25, 0.3) is 11.1 Å². The minimum Gasteiger partial charge on any atom is -0.410 e. The number of hydrogen-bond donors (Lipinski definition) is 1. The average Bonchev–Trinajstić information content (AvgIpc) is 2.84. The van der Waals surface area contributed by atoms with Gasteiger partial charge in [0.05, 0.1) is 0 Å². The highest BCUT2D eigenvalue weighted by Crippen LogP contribution is 2.24. The van der Waals surface area contributed by atoms with Crippen LogP contribution >= 0.6 is 11.8 Å². The van der Waals surface area contributed by atoms with Gasteiger partial charge in [-0.25, -0.2) is 4.39 Å². The Morgan fingerprint density at radius 1 is 1.37 bits per heavy atom. The van der Waals surface area contributed by atoms with Crippen LogP contribution in [0.2, 0.25) is 0 Å². The zero-order valence-corrected chi connectivity index (χ0v) is 11.8. The molecule has 0 unspecified atom stereocenters. The van der Waals surface area contributed by atoms with Crippen molar-refractivity contribution in [3.63, 3.8) is 0 Å². The summed E-state index contributed by atoms with van der Waals surface area (Å²) in [5.41, 5.74) is 4.88. The fraction of sp³-hybridized carbons (Fsp3) is 0.385. The number of aromatic nitrogens is 2. The third-order valence-corrected chi connectivity index (χ3v) is 3.68. The smallest absolute Gasteiger partial charge is 0.277 e. The van der Waals surface area contributed by atoms with Gasteiger partial charge in [0.1, 0.15) is 5.82 Å². The molecule has 0 aliphatic carbocycles. The summed E-state index contributed by atoms with van der Waals surface area (Å²) in [6, 6.07) is 6.48. The molecule has 2 rings (SSSR count). The van der Waals surface area contributed by atoms with Crippen molar-refractivity contribution in [3.05, 3.63) is 41.5 Å². The van der Waals surface area contributed by atoms with E-state index in [-0.39, 0.29) is 11.9 Å². The fourth-order valence-corrected chi connectivity index (χ4v) is 2.20. The second kappa shape index (κ2) is 6.16. The molecule has 3 N–H and O–H groups in total. The molecule has 4 nitrogen and oxygen atoms in total. The maximum atomic E-state index is 13.0. The van der Waals surface area contributed by atoms with E-state index < -0.39 is 0 Å². The fourth-order valence-electron chi connectivity index (χ4n) is 1.49. The Kier molecular flexibility index (Phi) is 4.55. The van der Waals surface area contributed by atoms with Gasteiger partial charge < -0.3 is 10.2 Å². The molecule has 1 heterocycles. The molecule has 0 fully saturated rings. The van der Waals surface area contributed by atoms with E-state index in [0.29, 0.717) is 22.8 Å². The summed E-state index contributed by atoms with van der Waals surface area (Å²) < 4.78 is 18.6. The highest BCUT2D eigenvalue weighted by molar-refractivity contribution is 7.98. The number of thioether (sulfide) groups is 1. The van der Waals surface area contributed by atoms with E-state index in [1.165, 1.54) is 23.9 Å². The largest absolute Gasteiger partial charge is 0.410 e. The van der Waals surface area contributed by atoms with Gasteiger partial charge in [0.2, 0.25) is 0 Å². The van der Waals surface area contributed by atoms with Gasteiger partial charge in [-0.1, -0.05) is 37.7 Å². The monoisotopic (exact) mass is 282 g/mol. The number of hydrogen-bond acceptors (Lipinski definition) is 4. The molecular formula is C13H17FN3OS+. The minimum absolute atomic E-state index is 0.00369. The van der Waals surface area contributed by atoms with E-state index in [1.54, 1.807) is 6.07 Å². The van der Waals surface area contributed by atoms with Gasteiger partial charge in [-0.3, -0.25) is 0 Å². The van der Waals surface area contributed by atoms with Crippen molar-refractivity contribution in [3.8, 4) is 0 Å². The van der Waals surface area contributed by atoms with Crippen LogP contribution in [0.15, 0.2) is 33.9 Å². The third-order valence-electron chi connectivity index (χ3n) is 2.80. The average molecular weight is 282 g/mol. The number of rotatable bonds is 5. The van der Waals surface area contributed by atoms with Crippen molar-refractivity contribution in [2.24, 2.45) is 5.92 Å². The first-order valence-electron chi connectivity index (χ1n) is 6.10. The number of halogens is 1. The summed E-state index contributed by atoms with van der Waals surface area (Å²) in [5, 5.41) is 8.46. The second-order valence-corrected chi connectivity index (χ2v) is 5.60. The normalized spacial score (nSPS) is 12.9. The molecule has 0 saturated heterocycles. The third kappa shape index (κ3) is 3.78. The van der Waals surface area contributed by atoms with Crippen LogP contribution in [0.5, 0.6) is 0 Å². The van der Waals surface area contributed by atoms with Crippen LogP contribution in [0.25, 0.3) is 0 Å². The Bertz CT molecular complexity index is 544. The molecule has 0 spiro atoms. The lowest BCUT2D eigenvalue weighted by Gasteiger charge is -2.05. The highest BCUT2D eigenvalue weighted by atomic mass is 32.2. The van der Waals surface area contributed by atoms with Crippen molar-refractivity contribution >= 4 is 11.8 Å². The maximum absolute atomic E-state index is 13.0. The molecule has 0 bridgehead atoms. The zero-order chi connectivity index (χ0) is 13.8. The summed E-state index contributed by atoms with van der Waals surface area (Å²) in [6.45, 7) is 4.11. The first-order valence-corrected chi connectivity index (χ1v) is 7.08. The SMILES string of the molecule is CC(C)[C@@H]([NH3+])c1nnc(SCc2cccc(F)c2)o1. The number of nitrogens with zero attached hydrogens (tertiary/aromatic N) is 2. The lowest BCUT2D eigenvalue weighted by atomic mass is 10.1. The second-order valence-electron chi connectivity index (χ2n) is 4.68. The molecule has 102 valence electrons. The Morgan fingerprint density at radius 3 is 2.84 bits per heavy atom. The van der Waals surface area contributed by atoms with E-state index in [2.05, 4.69) is 29.8 Å². The molecule has 19 heavy (non-hydrogen) atoms. The molecule has 0 aliphatic heterocycles. The van der Waals surface area contributed by atoms with Crippen molar-refractivity contribution < 1.29 is 14.5 Å². The van der Waals surface area contributed by atoms with E-state index in [9.17, 15) is 4.39 Å². The number of benzene rings is 1. The topological polar surface area (TPSA) is 66.6 Å². The Hall–Kier alpha value is -1.40. The van der Waals surface area contributed by atoms with Crippen molar-refractivity contribution in [2.75, 3.05) is 0 Å². The van der Waals surface area contributed by atoms with Gasteiger partial charge in [0.15, 0.2) is 6.04 Å². The molecular weight excluding hydrogens is 265 g/mol. The summed E-state index contributed by atoms with van der Waals surface area (Å²) in [6.07, 6.45) is 0. The molecule has 2 aromatic rings. The molecule has 0 saturated carbocycles. The lowest BCUT2D eigenvalue weighted by Crippen LogP contribution is -2.56. The standard InChI is InChI=1S/C13H16FN3OS/c1-8(2)11(15)12-16-17-13(18-12)19-7-9-4-3-5-10(14)6-9/h3-6,8,11H,7,15H2,1-2H3/p+1/t11-/m1/s1. The van der Waals surface area contributed by atoms with Crippen LogP contribution < -0.4 is 5.73 Å².